The molecule has 4 fully saturated rings. The van der Waals surface area contributed by atoms with Crippen LogP contribution in [0.15, 0.2) is 0 Å². The molecule has 8 atom stereocenters. The molecule has 0 amide bonds. The van der Waals surface area contributed by atoms with Gasteiger partial charge in [-0.2, -0.15) is 0 Å². The van der Waals surface area contributed by atoms with Crippen LogP contribution in [0.4, 0.5) is 0 Å². The summed E-state index contributed by atoms with van der Waals surface area (Å²) >= 11 is 0. The molecule has 4 aliphatic carbocycles. The highest BCUT2D eigenvalue weighted by atomic mass is 16.3. The van der Waals surface area contributed by atoms with Crippen LogP contribution in [0.2, 0.25) is 0 Å². The molecule has 0 aromatic rings. The van der Waals surface area contributed by atoms with Crippen LogP contribution < -0.4 is 5.73 Å². The van der Waals surface area contributed by atoms with E-state index in [0.717, 1.165) is 48.9 Å². The molecule has 0 heterocycles. The van der Waals surface area contributed by atoms with E-state index in [0.29, 0.717) is 5.78 Å². The fourth-order valence-corrected chi connectivity index (χ4v) is 7.75. The predicted octanol–water partition coefficient (Wildman–Crippen LogP) is 3.53. The van der Waals surface area contributed by atoms with Gasteiger partial charge in [-0.3, -0.25) is 4.79 Å². The third kappa shape index (κ3) is 2.49. The van der Waals surface area contributed by atoms with Crippen LogP contribution in [0, 0.1) is 40.9 Å². The zero-order valence-electron chi connectivity index (χ0n) is 15.5. The number of carbonyl (C=O) groups excluding carboxylic acids is 1. The average Bonchev–Trinajstić information content (AvgIpc) is 2.90. The summed E-state index contributed by atoms with van der Waals surface area (Å²) in [5.74, 6) is 4.51. The molecule has 0 saturated heterocycles. The lowest BCUT2D eigenvalue weighted by Gasteiger charge is -2.56. The van der Waals surface area contributed by atoms with Gasteiger partial charge >= 0.3 is 0 Å². The lowest BCUT2D eigenvalue weighted by molar-refractivity contribution is -0.131. The number of aliphatic hydroxyl groups is 1. The lowest BCUT2D eigenvalue weighted by atomic mass is 9.49. The monoisotopic (exact) mass is 333 g/mol. The van der Waals surface area contributed by atoms with E-state index in [1.807, 2.05) is 6.92 Å². The van der Waals surface area contributed by atoms with Gasteiger partial charge in [0.2, 0.25) is 0 Å². The van der Waals surface area contributed by atoms with Crippen molar-refractivity contribution in [3.8, 4) is 0 Å². The lowest BCUT2D eigenvalue weighted by Crippen LogP contribution is -2.51. The Balaban J connectivity index is 1.54. The number of hydrogen-bond donors (Lipinski definition) is 2. The molecule has 24 heavy (non-hydrogen) atoms. The molecule has 0 radical (unpaired) electrons. The van der Waals surface area contributed by atoms with E-state index in [1.165, 1.54) is 38.5 Å². The van der Waals surface area contributed by atoms with Crippen molar-refractivity contribution in [2.75, 3.05) is 6.54 Å². The minimum atomic E-state index is -0.427. The molecule has 0 aromatic carbocycles. The Morgan fingerprint density at radius 3 is 2.50 bits per heavy atom. The van der Waals surface area contributed by atoms with E-state index in [4.69, 9.17) is 5.73 Å². The van der Waals surface area contributed by atoms with Gasteiger partial charge < -0.3 is 10.8 Å². The SMILES string of the molecule is C[C@@]1(O)CC[C@H]2[C@H](CC[C@@H]3[C@@H]2CC[C@]2(C)[C@@H](C(=O)CN)CC[C@@H]32)C1. The van der Waals surface area contributed by atoms with Crippen LogP contribution in [0.25, 0.3) is 0 Å². The van der Waals surface area contributed by atoms with Crippen molar-refractivity contribution in [2.24, 2.45) is 46.7 Å². The summed E-state index contributed by atoms with van der Waals surface area (Å²) in [6, 6.07) is 0. The fraction of sp³-hybridized carbons (Fsp3) is 0.952. The Bertz CT molecular complexity index is 516. The number of rotatable bonds is 2. The van der Waals surface area contributed by atoms with Gasteiger partial charge in [-0.15, -0.1) is 0 Å². The first-order valence-electron chi connectivity index (χ1n) is 10.3. The Hall–Kier alpha value is -0.410. The van der Waals surface area contributed by atoms with Crippen LogP contribution in [-0.4, -0.2) is 23.0 Å². The molecule has 0 bridgehead atoms. The smallest absolute Gasteiger partial charge is 0.150 e. The van der Waals surface area contributed by atoms with E-state index in [-0.39, 0.29) is 17.9 Å². The topological polar surface area (TPSA) is 63.3 Å². The minimum absolute atomic E-state index is 0.213. The van der Waals surface area contributed by atoms with Crippen molar-refractivity contribution < 1.29 is 9.90 Å². The number of carbonyl (C=O) groups is 1. The number of fused-ring (bicyclic) bond motifs is 5. The van der Waals surface area contributed by atoms with Crippen molar-refractivity contribution >= 4 is 5.78 Å². The maximum Gasteiger partial charge on any atom is 0.150 e. The number of Topliss-reactive ketones (excluding diaryl/α,β-unsaturated/α-hetero) is 1. The highest BCUT2D eigenvalue weighted by molar-refractivity contribution is 5.83. The molecule has 0 aliphatic heterocycles. The van der Waals surface area contributed by atoms with Crippen molar-refractivity contribution in [3.05, 3.63) is 0 Å². The number of ketones is 1. The number of hydrogen-bond acceptors (Lipinski definition) is 3. The maximum atomic E-state index is 12.4. The van der Waals surface area contributed by atoms with Gasteiger partial charge in [-0.05, 0) is 99.7 Å². The Morgan fingerprint density at radius 2 is 1.75 bits per heavy atom. The van der Waals surface area contributed by atoms with Gasteiger partial charge in [0, 0.05) is 5.92 Å². The molecule has 3 N–H and O–H groups in total. The van der Waals surface area contributed by atoms with Gasteiger partial charge in [-0.25, -0.2) is 0 Å². The summed E-state index contributed by atoms with van der Waals surface area (Å²) in [5.41, 5.74) is 5.49. The van der Waals surface area contributed by atoms with Gasteiger partial charge in [0.15, 0.2) is 0 Å². The van der Waals surface area contributed by atoms with Gasteiger partial charge in [0.1, 0.15) is 5.78 Å². The summed E-state index contributed by atoms with van der Waals surface area (Å²) in [6.45, 7) is 4.66. The van der Waals surface area contributed by atoms with Gasteiger partial charge in [-0.1, -0.05) is 6.92 Å². The van der Waals surface area contributed by atoms with Crippen molar-refractivity contribution in [1.29, 1.82) is 0 Å². The Kier molecular flexibility index (Phi) is 4.12. The third-order valence-electron chi connectivity index (χ3n) is 8.83. The highest BCUT2D eigenvalue weighted by Crippen LogP contribution is 2.64. The van der Waals surface area contributed by atoms with Gasteiger partial charge in [0.25, 0.3) is 0 Å². The molecular weight excluding hydrogens is 298 g/mol. The highest BCUT2D eigenvalue weighted by Gasteiger charge is 2.58. The molecule has 4 saturated carbocycles. The second kappa shape index (κ2) is 5.81. The maximum absolute atomic E-state index is 12.4. The molecule has 3 heteroatoms. The van der Waals surface area contributed by atoms with Crippen LogP contribution in [-0.2, 0) is 4.79 Å². The zero-order chi connectivity index (χ0) is 17.1. The van der Waals surface area contributed by atoms with E-state index in [1.54, 1.807) is 0 Å². The summed E-state index contributed by atoms with van der Waals surface area (Å²) in [6.07, 6.45) is 10.7. The Labute approximate surface area is 146 Å². The first-order chi connectivity index (χ1) is 11.4. The summed E-state index contributed by atoms with van der Waals surface area (Å²) in [5, 5.41) is 10.5. The standard InChI is InChI=1S/C21H35NO2/c1-20(24)9-7-14-13(11-20)3-4-16-15(14)8-10-21(2)17(16)5-6-18(21)19(23)12-22/h13-18,24H,3-12,22H2,1-2H3/t13-,14+,15-,16-,17+,18-,20-,21+/m1/s1. The summed E-state index contributed by atoms with van der Waals surface area (Å²) in [7, 11) is 0. The first kappa shape index (κ1) is 17.0. The molecule has 4 aliphatic rings. The molecule has 3 nitrogen and oxygen atoms in total. The first-order valence-corrected chi connectivity index (χ1v) is 10.3. The summed E-state index contributed by atoms with van der Waals surface area (Å²) in [4.78, 5) is 12.4. The summed E-state index contributed by atoms with van der Waals surface area (Å²) < 4.78 is 0. The van der Waals surface area contributed by atoms with Crippen LogP contribution in [0.3, 0.4) is 0 Å². The van der Waals surface area contributed by atoms with Crippen LogP contribution >= 0.6 is 0 Å². The van der Waals surface area contributed by atoms with Gasteiger partial charge in [0.05, 0.1) is 12.1 Å². The van der Waals surface area contributed by atoms with E-state index >= 15 is 0 Å². The molecular formula is C21H35NO2. The number of nitrogens with two attached hydrogens (primary N) is 1. The molecule has 136 valence electrons. The van der Waals surface area contributed by atoms with Crippen molar-refractivity contribution in [2.45, 2.75) is 77.2 Å². The van der Waals surface area contributed by atoms with Crippen LogP contribution in [0.5, 0.6) is 0 Å². The average molecular weight is 334 g/mol. The quantitative estimate of drug-likeness (QED) is 0.812. The van der Waals surface area contributed by atoms with E-state index in [2.05, 4.69) is 6.92 Å². The zero-order valence-corrected chi connectivity index (χ0v) is 15.5. The van der Waals surface area contributed by atoms with E-state index in [9.17, 15) is 9.90 Å². The molecule has 0 aromatic heterocycles. The molecule has 4 rings (SSSR count). The Morgan fingerprint density at radius 1 is 1.00 bits per heavy atom. The van der Waals surface area contributed by atoms with Crippen molar-refractivity contribution in [1.82, 2.24) is 0 Å². The third-order valence-corrected chi connectivity index (χ3v) is 8.83. The second-order valence-corrected chi connectivity index (χ2v) is 10.0. The molecule has 0 spiro atoms. The minimum Gasteiger partial charge on any atom is -0.390 e. The van der Waals surface area contributed by atoms with Crippen LogP contribution in [0.1, 0.15) is 71.6 Å². The molecule has 0 unspecified atom stereocenters. The second-order valence-electron chi connectivity index (χ2n) is 10.0. The largest absolute Gasteiger partial charge is 0.390 e. The normalized spacial score (nSPS) is 53.8. The predicted molar refractivity (Wildman–Crippen MR) is 95.3 cm³/mol. The fourth-order valence-electron chi connectivity index (χ4n) is 7.75. The van der Waals surface area contributed by atoms with Crippen molar-refractivity contribution in [3.63, 3.8) is 0 Å². The van der Waals surface area contributed by atoms with E-state index < -0.39 is 5.60 Å².